The predicted octanol–water partition coefficient (Wildman–Crippen LogP) is 2.35. The normalized spacial score (nSPS) is 10.4. The first-order chi connectivity index (χ1) is 11.6. The zero-order valence-electron chi connectivity index (χ0n) is 13.6. The van der Waals surface area contributed by atoms with E-state index in [2.05, 4.69) is 15.8 Å². The van der Waals surface area contributed by atoms with E-state index in [1.54, 1.807) is 31.4 Å². The number of amides is 2. The quantitative estimate of drug-likeness (QED) is 0.503. The fourth-order valence-corrected chi connectivity index (χ4v) is 2.00. The van der Waals surface area contributed by atoms with Gasteiger partial charge in [0.1, 0.15) is 5.75 Å². The summed E-state index contributed by atoms with van der Waals surface area (Å²) in [5.74, 6) is -1.01. The van der Waals surface area contributed by atoms with E-state index >= 15 is 0 Å². The van der Waals surface area contributed by atoms with Crippen molar-refractivity contribution < 1.29 is 14.3 Å². The van der Waals surface area contributed by atoms with Crippen molar-refractivity contribution >= 4 is 23.7 Å². The lowest BCUT2D eigenvalue weighted by molar-refractivity contribution is -0.136. The van der Waals surface area contributed by atoms with Gasteiger partial charge in [-0.05, 0) is 36.2 Å². The second-order valence-corrected chi connectivity index (χ2v) is 4.95. The van der Waals surface area contributed by atoms with E-state index in [1.165, 1.54) is 6.21 Å². The van der Waals surface area contributed by atoms with Crippen LogP contribution in [0.1, 0.15) is 18.1 Å². The van der Waals surface area contributed by atoms with Crippen molar-refractivity contribution in [3.05, 3.63) is 59.7 Å². The van der Waals surface area contributed by atoms with Gasteiger partial charge in [0, 0.05) is 11.3 Å². The van der Waals surface area contributed by atoms with Crippen molar-refractivity contribution in [1.29, 1.82) is 0 Å². The number of para-hydroxylation sites is 1. The number of methoxy groups -OCH3 is 1. The zero-order valence-corrected chi connectivity index (χ0v) is 13.6. The van der Waals surface area contributed by atoms with Crippen LogP contribution >= 0.6 is 0 Å². The number of benzene rings is 2. The third kappa shape index (κ3) is 4.67. The summed E-state index contributed by atoms with van der Waals surface area (Å²) in [6.07, 6.45) is 2.33. The van der Waals surface area contributed by atoms with E-state index in [9.17, 15) is 9.59 Å². The molecule has 0 heterocycles. The summed E-state index contributed by atoms with van der Waals surface area (Å²) in [7, 11) is 1.54. The Morgan fingerprint density at radius 1 is 1.08 bits per heavy atom. The Labute approximate surface area is 140 Å². The lowest BCUT2D eigenvalue weighted by atomic mass is 10.1. The van der Waals surface area contributed by atoms with Crippen LogP contribution in [-0.2, 0) is 16.0 Å². The molecule has 0 fully saturated rings. The van der Waals surface area contributed by atoms with Crippen molar-refractivity contribution in [2.75, 3.05) is 12.4 Å². The molecule has 0 atom stereocenters. The number of anilines is 1. The van der Waals surface area contributed by atoms with Crippen LogP contribution in [0.4, 0.5) is 5.69 Å². The topological polar surface area (TPSA) is 79.8 Å². The summed E-state index contributed by atoms with van der Waals surface area (Å²) < 4.78 is 5.16. The number of ether oxygens (including phenoxy) is 1. The highest BCUT2D eigenvalue weighted by Gasteiger charge is 2.12. The Morgan fingerprint density at radius 3 is 2.46 bits per heavy atom. The number of nitrogens with one attached hydrogen (secondary N) is 2. The molecule has 6 heteroatoms. The molecule has 0 unspecified atom stereocenters. The maximum Gasteiger partial charge on any atom is 0.329 e. The molecular formula is C18H19N3O3. The van der Waals surface area contributed by atoms with Gasteiger partial charge in [-0.2, -0.15) is 5.10 Å². The molecule has 24 heavy (non-hydrogen) atoms. The third-order valence-electron chi connectivity index (χ3n) is 3.33. The van der Waals surface area contributed by atoms with Crippen LogP contribution in [0.3, 0.4) is 0 Å². The number of hydrazone groups is 1. The van der Waals surface area contributed by atoms with Gasteiger partial charge in [-0.3, -0.25) is 9.59 Å². The average Bonchev–Trinajstić information content (AvgIpc) is 2.62. The van der Waals surface area contributed by atoms with Crippen molar-refractivity contribution in [3.8, 4) is 5.75 Å². The van der Waals surface area contributed by atoms with Gasteiger partial charge in [0.25, 0.3) is 0 Å². The number of rotatable bonds is 5. The minimum absolute atomic E-state index is 0.557. The molecule has 6 nitrogen and oxygen atoms in total. The Balaban J connectivity index is 1.91. The number of carbonyl (C=O) groups excluding carboxylic acids is 2. The summed E-state index contributed by atoms with van der Waals surface area (Å²) in [4.78, 5) is 23.6. The maximum atomic E-state index is 11.8. The number of nitrogens with zero attached hydrogens (tertiary/aromatic N) is 1. The van der Waals surface area contributed by atoms with Crippen LogP contribution < -0.4 is 15.5 Å². The van der Waals surface area contributed by atoms with Crippen LogP contribution in [-0.4, -0.2) is 25.1 Å². The average molecular weight is 325 g/mol. The molecule has 0 spiro atoms. The van der Waals surface area contributed by atoms with Crippen LogP contribution in [0.15, 0.2) is 53.6 Å². The van der Waals surface area contributed by atoms with Crippen molar-refractivity contribution in [2.45, 2.75) is 13.3 Å². The van der Waals surface area contributed by atoms with Gasteiger partial charge < -0.3 is 10.1 Å². The van der Waals surface area contributed by atoms with Gasteiger partial charge in [-0.25, -0.2) is 5.43 Å². The molecule has 0 saturated carbocycles. The fourth-order valence-electron chi connectivity index (χ4n) is 2.00. The first-order valence-electron chi connectivity index (χ1n) is 7.50. The molecule has 2 rings (SSSR count). The number of hydrogen-bond acceptors (Lipinski definition) is 4. The number of aryl methyl sites for hydroxylation is 1. The van der Waals surface area contributed by atoms with Crippen LogP contribution in [0.25, 0.3) is 0 Å². The van der Waals surface area contributed by atoms with Crippen LogP contribution in [0.5, 0.6) is 5.75 Å². The van der Waals surface area contributed by atoms with E-state index in [0.29, 0.717) is 17.0 Å². The van der Waals surface area contributed by atoms with Gasteiger partial charge >= 0.3 is 11.8 Å². The molecule has 0 radical (unpaired) electrons. The molecule has 2 aromatic carbocycles. The van der Waals surface area contributed by atoms with Gasteiger partial charge in [-0.1, -0.05) is 31.2 Å². The van der Waals surface area contributed by atoms with Gasteiger partial charge in [-0.15, -0.1) is 0 Å². The molecule has 124 valence electrons. The molecule has 0 aliphatic carbocycles. The van der Waals surface area contributed by atoms with Gasteiger partial charge in [0.2, 0.25) is 0 Å². The number of hydrogen-bond donors (Lipinski definition) is 2. The standard InChI is InChI=1S/C18H19N3O3/c1-3-13-8-10-15(11-9-13)20-17(22)18(23)21-19-12-14-6-4-5-7-16(14)24-2/h4-12H,3H2,1-2H3,(H,20,22)(H,21,23)/b19-12-. The van der Waals surface area contributed by atoms with E-state index in [1.807, 2.05) is 31.2 Å². The minimum Gasteiger partial charge on any atom is -0.496 e. The molecule has 0 saturated heterocycles. The first kappa shape index (κ1) is 17.2. The third-order valence-corrected chi connectivity index (χ3v) is 3.33. The highest BCUT2D eigenvalue weighted by Crippen LogP contribution is 2.14. The SMILES string of the molecule is CCc1ccc(NC(=O)C(=O)N/N=C\c2ccccc2OC)cc1. The highest BCUT2D eigenvalue weighted by molar-refractivity contribution is 6.39. The molecule has 0 aromatic heterocycles. The monoisotopic (exact) mass is 325 g/mol. The zero-order chi connectivity index (χ0) is 17.4. The largest absolute Gasteiger partial charge is 0.496 e. The van der Waals surface area contributed by atoms with E-state index in [-0.39, 0.29) is 0 Å². The summed E-state index contributed by atoms with van der Waals surface area (Å²) in [5.41, 5.74) is 4.59. The van der Waals surface area contributed by atoms with E-state index in [4.69, 9.17) is 4.74 Å². The Bertz CT molecular complexity index is 739. The molecule has 0 aliphatic rings. The summed E-state index contributed by atoms with van der Waals surface area (Å²) in [6, 6.07) is 14.5. The van der Waals surface area contributed by atoms with E-state index in [0.717, 1.165) is 12.0 Å². The summed E-state index contributed by atoms with van der Waals surface area (Å²) >= 11 is 0. The maximum absolute atomic E-state index is 11.8. The Hall–Kier alpha value is -3.15. The lowest BCUT2D eigenvalue weighted by Gasteiger charge is -2.05. The van der Waals surface area contributed by atoms with Gasteiger partial charge in [0.15, 0.2) is 0 Å². The molecule has 0 aliphatic heterocycles. The van der Waals surface area contributed by atoms with E-state index < -0.39 is 11.8 Å². The van der Waals surface area contributed by atoms with Crippen molar-refractivity contribution in [3.63, 3.8) is 0 Å². The molecule has 2 amide bonds. The molecular weight excluding hydrogens is 306 g/mol. The van der Waals surface area contributed by atoms with Crippen LogP contribution in [0, 0.1) is 0 Å². The number of carbonyl (C=O) groups is 2. The van der Waals surface area contributed by atoms with Crippen LogP contribution in [0.2, 0.25) is 0 Å². The minimum atomic E-state index is -0.847. The predicted molar refractivity (Wildman–Crippen MR) is 93.2 cm³/mol. The summed E-state index contributed by atoms with van der Waals surface area (Å²) in [6.45, 7) is 2.04. The smallest absolute Gasteiger partial charge is 0.329 e. The lowest BCUT2D eigenvalue weighted by Crippen LogP contribution is -2.32. The summed E-state index contributed by atoms with van der Waals surface area (Å²) in [5, 5.41) is 6.29. The van der Waals surface area contributed by atoms with Gasteiger partial charge in [0.05, 0.1) is 13.3 Å². The van der Waals surface area contributed by atoms with Crippen molar-refractivity contribution in [2.24, 2.45) is 5.10 Å². The second kappa shape index (κ2) is 8.47. The second-order valence-electron chi connectivity index (χ2n) is 4.95. The molecule has 0 bridgehead atoms. The fraction of sp³-hybridized carbons (Fsp3) is 0.167. The molecule has 2 aromatic rings. The Morgan fingerprint density at radius 2 is 1.79 bits per heavy atom. The highest BCUT2D eigenvalue weighted by atomic mass is 16.5. The molecule has 2 N–H and O–H groups in total. The Kier molecular flexibility index (Phi) is 6.08. The van der Waals surface area contributed by atoms with Crippen molar-refractivity contribution in [1.82, 2.24) is 5.43 Å². The first-order valence-corrected chi connectivity index (χ1v) is 7.50.